The third kappa shape index (κ3) is 3.01. The number of fused-ring (bicyclic) bond motifs is 1. The molecule has 136 valence electrons. The quantitative estimate of drug-likeness (QED) is 0.710. The highest BCUT2D eigenvalue weighted by atomic mass is 19.3. The van der Waals surface area contributed by atoms with Crippen molar-refractivity contribution in [3.63, 3.8) is 0 Å². The van der Waals surface area contributed by atoms with E-state index in [4.69, 9.17) is 0 Å². The van der Waals surface area contributed by atoms with E-state index in [0.717, 1.165) is 4.57 Å². The summed E-state index contributed by atoms with van der Waals surface area (Å²) in [4.78, 5) is 34.4. The number of carbonyl (C=O) groups excluding carboxylic acids is 1. The minimum absolute atomic E-state index is 0.0454. The molecule has 10 heteroatoms. The molecule has 1 aromatic carbocycles. The SMILES string of the molecule is CN(C)C(=O)n1c(=O)n(C)c2cnc(-c3cccc(OC(F)F)c3)nc21. The number of imidazole rings is 1. The lowest BCUT2D eigenvalue weighted by molar-refractivity contribution is -0.0498. The molecular weight excluding hydrogens is 348 g/mol. The van der Waals surface area contributed by atoms with Gasteiger partial charge in [-0.1, -0.05) is 12.1 Å². The highest BCUT2D eigenvalue weighted by molar-refractivity contribution is 5.87. The Morgan fingerprint density at radius 2 is 2.04 bits per heavy atom. The summed E-state index contributed by atoms with van der Waals surface area (Å²) in [6.07, 6.45) is 1.40. The number of aryl methyl sites for hydroxylation is 1. The Morgan fingerprint density at radius 1 is 1.31 bits per heavy atom. The minimum atomic E-state index is -2.95. The maximum absolute atomic E-state index is 12.4. The summed E-state index contributed by atoms with van der Waals surface area (Å²) in [5.41, 5.74) is 0.348. The fraction of sp³-hybridized carbons (Fsp3) is 0.250. The normalized spacial score (nSPS) is 11.2. The van der Waals surface area contributed by atoms with Crippen LogP contribution in [0.25, 0.3) is 22.6 Å². The van der Waals surface area contributed by atoms with Crippen LogP contribution in [-0.4, -0.2) is 50.7 Å². The second kappa shape index (κ2) is 6.54. The van der Waals surface area contributed by atoms with Crippen molar-refractivity contribution in [3.05, 3.63) is 40.9 Å². The molecule has 0 fully saturated rings. The number of alkyl halides is 2. The maximum Gasteiger partial charge on any atom is 0.387 e. The fourth-order valence-corrected chi connectivity index (χ4v) is 2.43. The first-order valence-electron chi connectivity index (χ1n) is 7.51. The molecule has 0 radical (unpaired) electrons. The predicted molar refractivity (Wildman–Crippen MR) is 89.3 cm³/mol. The van der Waals surface area contributed by atoms with Gasteiger partial charge in [0.25, 0.3) is 0 Å². The third-order valence-corrected chi connectivity index (χ3v) is 3.69. The predicted octanol–water partition coefficient (Wildman–Crippen LogP) is 1.93. The Bertz CT molecular complexity index is 1040. The van der Waals surface area contributed by atoms with Crippen molar-refractivity contribution in [2.24, 2.45) is 7.05 Å². The molecule has 0 aliphatic carbocycles. The van der Waals surface area contributed by atoms with Crippen molar-refractivity contribution in [1.29, 1.82) is 0 Å². The molecule has 0 spiro atoms. The minimum Gasteiger partial charge on any atom is -0.435 e. The van der Waals surface area contributed by atoms with Gasteiger partial charge >= 0.3 is 18.3 Å². The van der Waals surface area contributed by atoms with E-state index in [1.807, 2.05) is 0 Å². The van der Waals surface area contributed by atoms with Gasteiger partial charge in [-0.25, -0.2) is 19.6 Å². The Morgan fingerprint density at radius 3 is 2.69 bits per heavy atom. The van der Waals surface area contributed by atoms with E-state index < -0.39 is 18.3 Å². The van der Waals surface area contributed by atoms with Gasteiger partial charge in [0.15, 0.2) is 11.5 Å². The van der Waals surface area contributed by atoms with E-state index in [-0.39, 0.29) is 17.2 Å². The van der Waals surface area contributed by atoms with Gasteiger partial charge in [0.05, 0.1) is 6.20 Å². The van der Waals surface area contributed by atoms with Crippen LogP contribution in [0.3, 0.4) is 0 Å². The molecule has 0 atom stereocenters. The molecule has 0 aliphatic rings. The van der Waals surface area contributed by atoms with E-state index in [1.54, 1.807) is 6.07 Å². The first kappa shape index (κ1) is 17.5. The van der Waals surface area contributed by atoms with Crippen molar-refractivity contribution in [3.8, 4) is 17.1 Å². The van der Waals surface area contributed by atoms with Crippen molar-refractivity contribution in [2.75, 3.05) is 14.1 Å². The van der Waals surface area contributed by atoms with Crippen LogP contribution in [0.5, 0.6) is 5.75 Å². The largest absolute Gasteiger partial charge is 0.435 e. The summed E-state index contributed by atoms with van der Waals surface area (Å²) in [7, 11) is 4.53. The number of carbonyl (C=O) groups is 1. The lowest BCUT2D eigenvalue weighted by Crippen LogP contribution is -2.35. The second-order valence-corrected chi connectivity index (χ2v) is 5.66. The summed E-state index contributed by atoms with van der Waals surface area (Å²) in [6, 6.07) is 5.30. The zero-order valence-corrected chi connectivity index (χ0v) is 14.2. The van der Waals surface area contributed by atoms with Gasteiger partial charge in [0.1, 0.15) is 11.3 Å². The van der Waals surface area contributed by atoms with Crippen LogP contribution in [0, 0.1) is 0 Å². The second-order valence-electron chi connectivity index (χ2n) is 5.66. The topological polar surface area (TPSA) is 82.2 Å². The van der Waals surface area contributed by atoms with E-state index in [9.17, 15) is 18.4 Å². The molecule has 8 nitrogen and oxygen atoms in total. The number of hydrogen-bond acceptors (Lipinski definition) is 5. The van der Waals surface area contributed by atoms with E-state index >= 15 is 0 Å². The lowest BCUT2D eigenvalue weighted by atomic mass is 10.2. The van der Waals surface area contributed by atoms with Gasteiger partial charge < -0.3 is 9.64 Å². The highest BCUT2D eigenvalue weighted by Gasteiger charge is 2.20. The van der Waals surface area contributed by atoms with Gasteiger partial charge in [-0.3, -0.25) is 4.57 Å². The highest BCUT2D eigenvalue weighted by Crippen LogP contribution is 2.23. The van der Waals surface area contributed by atoms with Crippen LogP contribution < -0.4 is 10.4 Å². The fourth-order valence-electron chi connectivity index (χ4n) is 2.43. The van der Waals surface area contributed by atoms with E-state index in [1.165, 1.54) is 55.0 Å². The van der Waals surface area contributed by atoms with E-state index in [2.05, 4.69) is 14.7 Å². The molecule has 3 aromatic rings. The molecule has 2 aromatic heterocycles. The zero-order chi connectivity index (χ0) is 19.0. The average Bonchev–Trinajstić information content (AvgIpc) is 2.84. The summed E-state index contributed by atoms with van der Waals surface area (Å²) in [5.74, 6) is 0.124. The summed E-state index contributed by atoms with van der Waals surface area (Å²) < 4.78 is 31.3. The van der Waals surface area contributed by atoms with E-state index in [0.29, 0.717) is 11.1 Å². The monoisotopic (exact) mass is 363 g/mol. The van der Waals surface area contributed by atoms with Crippen LogP contribution in [0.2, 0.25) is 0 Å². The number of rotatable bonds is 3. The molecule has 0 aliphatic heterocycles. The number of ether oxygens (including phenoxy) is 1. The van der Waals surface area contributed by atoms with Gasteiger partial charge in [0, 0.05) is 26.7 Å². The number of nitrogens with zero attached hydrogens (tertiary/aromatic N) is 5. The van der Waals surface area contributed by atoms with Crippen LogP contribution in [0.1, 0.15) is 0 Å². The first-order valence-corrected chi connectivity index (χ1v) is 7.51. The van der Waals surface area contributed by atoms with Gasteiger partial charge in [-0.05, 0) is 12.1 Å². The zero-order valence-electron chi connectivity index (χ0n) is 14.2. The lowest BCUT2D eigenvalue weighted by Gasteiger charge is -2.10. The van der Waals surface area contributed by atoms with Crippen molar-refractivity contribution in [1.82, 2.24) is 24.0 Å². The van der Waals surface area contributed by atoms with Crippen LogP contribution in [0.15, 0.2) is 35.3 Å². The molecule has 26 heavy (non-hydrogen) atoms. The molecule has 0 bridgehead atoms. The third-order valence-electron chi connectivity index (χ3n) is 3.69. The number of amides is 1. The molecule has 0 N–H and O–H groups in total. The average molecular weight is 363 g/mol. The smallest absolute Gasteiger partial charge is 0.387 e. The molecular formula is C16H15F2N5O3. The Kier molecular flexibility index (Phi) is 4.41. The molecule has 1 amide bonds. The molecule has 0 unspecified atom stereocenters. The molecule has 3 rings (SSSR count). The Balaban J connectivity index is 2.17. The number of hydrogen-bond donors (Lipinski definition) is 0. The summed E-state index contributed by atoms with van der Waals surface area (Å²) in [5, 5.41) is 0. The van der Waals surface area contributed by atoms with Crippen LogP contribution in [-0.2, 0) is 7.05 Å². The summed E-state index contributed by atoms with van der Waals surface area (Å²) in [6.45, 7) is -2.95. The molecule has 0 saturated carbocycles. The standard InChI is InChI=1S/C16H15F2N5O3/c1-21(2)15(24)23-13-11(22(3)16(23)25)8-19-12(20-13)9-5-4-6-10(7-9)26-14(17)18/h4-8,14H,1-3H3. The van der Waals surface area contributed by atoms with Gasteiger partial charge in [-0.15, -0.1) is 0 Å². The number of aromatic nitrogens is 4. The Hall–Kier alpha value is -3.30. The number of halogens is 2. The Labute approximate surface area is 146 Å². The molecule has 2 heterocycles. The van der Waals surface area contributed by atoms with Crippen LogP contribution >= 0.6 is 0 Å². The number of benzene rings is 1. The maximum atomic E-state index is 12.4. The van der Waals surface area contributed by atoms with Crippen LogP contribution in [0.4, 0.5) is 13.6 Å². The first-order chi connectivity index (χ1) is 12.3. The van der Waals surface area contributed by atoms with Crippen molar-refractivity contribution < 1.29 is 18.3 Å². The van der Waals surface area contributed by atoms with Gasteiger partial charge in [-0.2, -0.15) is 13.3 Å². The summed E-state index contributed by atoms with van der Waals surface area (Å²) >= 11 is 0. The molecule has 0 saturated heterocycles. The van der Waals surface area contributed by atoms with Crippen molar-refractivity contribution >= 4 is 17.2 Å². The van der Waals surface area contributed by atoms with Gasteiger partial charge in [0.2, 0.25) is 0 Å². The van der Waals surface area contributed by atoms with Crippen molar-refractivity contribution in [2.45, 2.75) is 6.61 Å².